The molecule has 0 unspecified atom stereocenters. The topological polar surface area (TPSA) is 88.0 Å². The van der Waals surface area contributed by atoms with Crippen molar-refractivity contribution in [2.75, 3.05) is 5.32 Å². The minimum Gasteiger partial charge on any atom is -0.441 e. The molecule has 0 fully saturated rings. The number of aryl methyl sites for hydroxylation is 1. The molecule has 0 saturated heterocycles. The molecule has 1 amide bonds. The quantitative estimate of drug-likeness (QED) is 0.752. The number of nitrogens with zero attached hydrogens (tertiary/aromatic N) is 1. The van der Waals surface area contributed by atoms with E-state index in [1.165, 1.54) is 12.1 Å². The molecule has 6 nitrogen and oxygen atoms in total. The molecule has 0 spiro atoms. The standard InChI is InChI=1S/C15H10F3N3O3/c1-7-19-10-6-8(2-4-11(10)24-7)20-13(22)9-3-5-12(15(16,17)18)21-14(9)23/h2-6H,1H3,(H,20,22)(H,21,23). The molecule has 0 radical (unpaired) electrons. The van der Waals surface area contributed by atoms with Gasteiger partial charge in [-0.15, -0.1) is 0 Å². The molecule has 1 aromatic carbocycles. The molecule has 0 atom stereocenters. The molecule has 0 aliphatic carbocycles. The Morgan fingerprint density at radius 1 is 1.25 bits per heavy atom. The lowest BCUT2D eigenvalue weighted by atomic mass is 10.2. The number of nitrogens with one attached hydrogen (secondary N) is 2. The van der Waals surface area contributed by atoms with Crippen molar-refractivity contribution >= 4 is 22.7 Å². The van der Waals surface area contributed by atoms with E-state index in [0.29, 0.717) is 28.7 Å². The Morgan fingerprint density at radius 2 is 2.00 bits per heavy atom. The van der Waals surface area contributed by atoms with Gasteiger partial charge < -0.3 is 14.7 Å². The van der Waals surface area contributed by atoms with E-state index in [-0.39, 0.29) is 0 Å². The molecule has 124 valence electrons. The van der Waals surface area contributed by atoms with E-state index in [1.54, 1.807) is 18.0 Å². The fourth-order valence-corrected chi connectivity index (χ4v) is 2.14. The zero-order chi connectivity index (χ0) is 17.5. The van der Waals surface area contributed by atoms with Gasteiger partial charge in [0.15, 0.2) is 11.5 Å². The molecule has 0 bridgehead atoms. The molecular weight excluding hydrogens is 327 g/mol. The number of hydrogen-bond donors (Lipinski definition) is 2. The van der Waals surface area contributed by atoms with Crippen LogP contribution in [0.25, 0.3) is 11.1 Å². The molecule has 3 aromatic rings. The van der Waals surface area contributed by atoms with E-state index < -0.39 is 28.9 Å². The largest absolute Gasteiger partial charge is 0.441 e. The van der Waals surface area contributed by atoms with E-state index in [1.807, 2.05) is 0 Å². The van der Waals surface area contributed by atoms with Crippen molar-refractivity contribution in [3.63, 3.8) is 0 Å². The van der Waals surface area contributed by atoms with E-state index in [2.05, 4.69) is 10.3 Å². The van der Waals surface area contributed by atoms with Crippen molar-refractivity contribution in [2.45, 2.75) is 13.1 Å². The summed E-state index contributed by atoms with van der Waals surface area (Å²) in [6.07, 6.45) is -4.69. The summed E-state index contributed by atoms with van der Waals surface area (Å²) < 4.78 is 42.8. The second kappa shape index (κ2) is 5.52. The maximum atomic E-state index is 12.5. The second-order valence-electron chi connectivity index (χ2n) is 4.98. The number of benzene rings is 1. The van der Waals surface area contributed by atoms with Gasteiger partial charge in [-0.05, 0) is 30.3 Å². The summed E-state index contributed by atoms with van der Waals surface area (Å²) in [6.45, 7) is 1.67. The number of carbonyl (C=O) groups excluding carboxylic acids is 1. The van der Waals surface area contributed by atoms with Crippen LogP contribution in [0.1, 0.15) is 21.9 Å². The molecule has 2 aromatic heterocycles. The van der Waals surface area contributed by atoms with Crippen molar-refractivity contribution in [1.29, 1.82) is 0 Å². The number of carbonyl (C=O) groups is 1. The zero-order valence-electron chi connectivity index (χ0n) is 12.2. The van der Waals surface area contributed by atoms with Crippen LogP contribution < -0.4 is 10.9 Å². The van der Waals surface area contributed by atoms with Gasteiger partial charge in [-0.2, -0.15) is 13.2 Å². The lowest BCUT2D eigenvalue weighted by Crippen LogP contribution is -2.25. The molecule has 24 heavy (non-hydrogen) atoms. The summed E-state index contributed by atoms with van der Waals surface area (Å²) in [4.78, 5) is 29.5. The first-order chi connectivity index (χ1) is 11.2. The fourth-order valence-electron chi connectivity index (χ4n) is 2.14. The van der Waals surface area contributed by atoms with Gasteiger partial charge >= 0.3 is 6.18 Å². The molecule has 3 rings (SSSR count). The summed E-state index contributed by atoms with van der Waals surface area (Å²) in [5.74, 6) is -0.378. The first-order valence-corrected chi connectivity index (χ1v) is 6.73. The zero-order valence-corrected chi connectivity index (χ0v) is 12.2. The number of H-pyrrole nitrogens is 1. The fraction of sp³-hybridized carbons (Fsp3) is 0.133. The third kappa shape index (κ3) is 3.00. The van der Waals surface area contributed by atoms with Crippen LogP contribution in [-0.4, -0.2) is 15.9 Å². The van der Waals surface area contributed by atoms with Gasteiger partial charge in [0.05, 0.1) is 0 Å². The van der Waals surface area contributed by atoms with Gasteiger partial charge in [0, 0.05) is 12.6 Å². The molecule has 0 aliphatic heterocycles. The summed E-state index contributed by atoms with van der Waals surface area (Å²) in [5.41, 5.74) is -1.41. The lowest BCUT2D eigenvalue weighted by molar-refractivity contribution is -0.141. The van der Waals surface area contributed by atoms with Crippen molar-refractivity contribution in [3.8, 4) is 0 Å². The van der Waals surface area contributed by atoms with Gasteiger partial charge in [0.25, 0.3) is 11.5 Å². The van der Waals surface area contributed by atoms with Crippen molar-refractivity contribution in [3.05, 3.63) is 57.8 Å². The number of amides is 1. The third-order valence-corrected chi connectivity index (χ3v) is 3.21. The minimum absolute atomic E-state index is 0.333. The highest BCUT2D eigenvalue weighted by Crippen LogP contribution is 2.26. The van der Waals surface area contributed by atoms with Crippen LogP contribution in [0, 0.1) is 6.92 Å². The van der Waals surface area contributed by atoms with Crippen molar-refractivity contribution in [1.82, 2.24) is 9.97 Å². The number of alkyl halides is 3. The summed E-state index contributed by atoms with van der Waals surface area (Å²) in [6, 6.07) is 6.11. The monoisotopic (exact) mass is 337 g/mol. The Balaban J connectivity index is 1.87. The number of hydrogen-bond acceptors (Lipinski definition) is 4. The average molecular weight is 337 g/mol. The Bertz CT molecular complexity index is 989. The molecular formula is C15H10F3N3O3. The maximum Gasteiger partial charge on any atom is 0.431 e. The smallest absolute Gasteiger partial charge is 0.431 e. The van der Waals surface area contributed by atoms with Gasteiger partial charge in [-0.1, -0.05) is 0 Å². The van der Waals surface area contributed by atoms with Gasteiger partial charge in [0.2, 0.25) is 0 Å². The van der Waals surface area contributed by atoms with E-state index >= 15 is 0 Å². The Morgan fingerprint density at radius 3 is 2.67 bits per heavy atom. The predicted molar refractivity (Wildman–Crippen MR) is 78.8 cm³/mol. The van der Waals surface area contributed by atoms with Crippen molar-refractivity contribution in [2.24, 2.45) is 0 Å². The third-order valence-electron chi connectivity index (χ3n) is 3.21. The van der Waals surface area contributed by atoms with Crippen LogP contribution in [0.5, 0.6) is 0 Å². The predicted octanol–water partition coefficient (Wildman–Crippen LogP) is 3.10. The molecule has 2 heterocycles. The summed E-state index contributed by atoms with van der Waals surface area (Å²) in [5, 5.41) is 2.44. The Labute approximate surface area is 132 Å². The number of fused-ring (bicyclic) bond motifs is 1. The second-order valence-corrected chi connectivity index (χ2v) is 4.98. The Hall–Kier alpha value is -3.10. The summed E-state index contributed by atoms with van der Waals surface area (Å²) >= 11 is 0. The van der Waals surface area contributed by atoms with Gasteiger partial charge in [0.1, 0.15) is 16.8 Å². The normalized spacial score (nSPS) is 11.7. The number of pyridine rings is 1. The molecule has 2 N–H and O–H groups in total. The Kier molecular flexibility index (Phi) is 3.63. The van der Waals surface area contributed by atoms with Crippen LogP contribution in [0.3, 0.4) is 0 Å². The number of halogens is 3. The van der Waals surface area contributed by atoms with E-state index in [0.717, 1.165) is 6.07 Å². The molecule has 9 heteroatoms. The number of aromatic nitrogens is 2. The highest BCUT2D eigenvalue weighted by Gasteiger charge is 2.32. The van der Waals surface area contributed by atoms with Crippen molar-refractivity contribution < 1.29 is 22.4 Å². The number of anilines is 1. The van der Waals surface area contributed by atoms with Crippen LogP contribution in [-0.2, 0) is 6.18 Å². The highest BCUT2D eigenvalue weighted by atomic mass is 19.4. The number of rotatable bonds is 2. The highest BCUT2D eigenvalue weighted by molar-refractivity contribution is 6.04. The number of oxazole rings is 1. The van der Waals surface area contributed by atoms with E-state index in [4.69, 9.17) is 4.42 Å². The van der Waals surface area contributed by atoms with E-state index in [9.17, 15) is 22.8 Å². The van der Waals surface area contributed by atoms with Gasteiger partial charge in [-0.3, -0.25) is 9.59 Å². The minimum atomic E-state index is -4.69. The number of aromatic amines is 1. The molecule has 0 aliphatic rings. The van der Waals surface area contributed by atoms with Crippen LogP contribution in [0.2, 0.25) is 0 Å². The maximum absolute atomic E-state index is 12.5. The van der Waals surface area contributed by atoms with Gasteiger partial charge in [-0.25, -0.2) is 4.98 Å². The SMILES string of the molecule is Cc1nc2cc(NC(=O)c3ccc(C(F)(F)F)[nH]c3=O)ccc2o1. The first-order valence-electron chi connectivity index (χ1n) is 6.73. The van der Waals surface area contributed by atoms with Crippen LogP contribution in [0.15, 0.2) is 39.5 Å². The lowest BCUT2D eigenvalue weighted by Gasteiger charge is -2.08. The first kappa shape index (κ1) is 15.8. The molecule has 0 saturated carbocycles. The van der Waals surface area contributed by atoms with Crippen LogP contribution >= 0.6 is 0 Å². The van der Waals surface area contributed by atoms with Crippen LogP contribution in [0.4, 0.5) is 18.9 Å². The average Bonchev–Trinajstić information content (AvgIpc) is 2.85. The summed E-state index contributed by atoms with van der Waals surface area (Å²) in [7, 11) is 0.